The van der Waals surface area contributed by atoms with Crippen LogP contribution in [0.1, 0.15) is 31.2 Å². The van der Waals surface area contributed by atoms with Crippen LogP contribution >= 0.6 is 0 Å². The molecule has 0 bridgehead atoms. The number of rotatable bonds is 7. The molecule has 3 rings (SSSR count). The van der Waals surface area contributed by atoms with Crippen LogP contribution in [-0.2, 0) is 16.8 Å². The average Bonchev–Trinajstić information content (AvgIpc) is 2.67. The average molecular weight is 383 g/mol. The first-order valence-electron chi connectivity index (χ1n) is 9.08. The van der Waals surface area contributed by atoms with E-state index in [0.717, 1.165) is 0 Å². The third-order valence-electron chi connectivity index (χ3n) is 4.58. The van der Waals surface area contributed by atoms with Gasteiger partial charge in [-0.15, -0.1) is 0 Å². The number of halogens is 1. The number of benzene rings is 2. The summed E-state index contributed by atoms with van der Waals surface area (Å²) in [6.07, 6.45) is 1.20. The van der Waals surface area contributed by atoms with E-state index < -0.39 is 5.60 Å². The van der Waals surface area contributed by atoms with Crippen molar-refractivity contribution < 1.29 is 14.3 Å². The number of aromatic nitrogens is 2. The zero-order chi connectivity index (χ0) is 20.1. The van der Waals surface area contributed by atoms with Crippen molar-refractivity contribution in [1.29, 1.82) is 0 Å². The zero-order valence-electron chi connectivity index (χ0n) is 15.5. The molecule has 3 N–H and O–H groups in total. The number of para-hydroxylation sites is 1. The van der Waals surface area contributed by atoms with Gasteiger partial charge in [-0.25, -0.2) is 9.37 Å². The van der Waals surface area contributed by atoms with E-state index in [2.05, 4.69) is 15.3 Å². The maximum absolute atomic E-state index is 13.0. The number of aryl methyl sites for hydroxylation is 1. The fraction of sp³-hybridized carbons (Fsp3) is 0.286. The minimum absolute atomic E-state index is 0.0164. The standard InChI is InChI=1S/C21H22FN3O3/c1-21(28,14-9-11-15(22)12-10-14)13-23-19(26)8-4-7-18-24-17-6-3-2-5-16(17)20(27)25-18/h2-3,5-6,9-12,28H,4,7-8,13H2,1H3,(H,23,26)(H,24,25,27)/t21-/m1/s1. The van der Waals surface area contributed by atoms with Gasteiger partial charge in [-0.05, 0) is 43.2 Å². The molecule has 0 radical (unpaired) electrons. The van der Waals surface area contributed by atoms with Gasteiger partial charge in [0.1, 0.15) is 17.2 Å². The second-order valence-corrected chi connectivity index (χ2v) is 6.94. The Bertz CT molecular complexity index is 1030. The first-order valence-corrected chi connectivity index (χ1v) is 9.08. The molecule has 2 aromatic carbocycles. The molecule has 28 heavy (non-hydrogen) atoms. The molecule has 1 heterocycles. The van der Waals surface area contributed by atoms with Crippen molar-refractivity contribution in [2.75, 3.05) is 6.54 Å². The van der Waals surface area contributed by atoms with Gasteiger partial charge >= 0.3 is 0 Å². The third-order valence-corrected chi connectivity index (χ3v) is 4.58. The van der Waals surface area contributed by atoms with Gasteiger partial charge in [0.15, 0.2) is 0 Å². The predicted molar refractivity (Wildman–Crippen MR) is 104 cm³/mol. The summed E-state index contributed by atoms with van der Waals surface area (Å²) in [6, 6.07) is 12.6. The van der Waals surface area contributed by atoms with E-state index >= 15 is 0 Å². The van der Waals surface area contributed by atoms with Gasteiger partial charge in [0.05, 0.1) is 17.4 Å². The summed E-state index contributed by atoms with van der Waals surface area (Å²) in [7, 11) is 0. The van der Waals surface area contributed by atoms with Gasteiger partial charge in [0.25, 0.3) is 5.56 Å². The molecule has 6 nitrogen and oxygen atoms in total. The van der Waals surface area contributed by atoms with Gasteiger partial charge in [-0.2, -0.15) is 0 Å². The summed E-state index contributed by atoms with van der Waals surface area (Å²) in [5, 5.41) is 13.7. The largest absolute Gasteiger partial charge is 0.384 e. The molecule has 146 valence electrons. The smallest absolute Gasteiger partial charge is 0.258 e. The molecular formula is C21H22FN3O3. The Morgan fingerprint density at radius 3 is 2.68 bits per heavy atom. The van der Waals surface area contributed by atoms with E-state index in [-0.39, 0.29) is 30.2 Å². The Labute approximate surface area is 161 Å². The molecule has 1 amide bonds. The molecular weight excluding hydrogens is 361 g/mol. The Balaban J connectivity index is 1.51. The number of amides is 1. The fourth-order valence-corrected chi connectivity index (χ4v) is 2.94. The number of hydrogen-bond acceptors (Lipinski definition) is 4. The topological polar surface area (TPSA) is 95.1 Å². The van der Waals surface area contributed by atoms with Crippen molar-refractivity contribution in [1.82, 2.24) is 15.3 Å². The van der Waals surface area contributed by atoms with Crippen LogP contribution in [0.2, 0.25) is 0 Å². The van der Waals surface area contributed by atoms with Gasteiger partial charge in [0.2, 0.25) is 5.91 Å². The summed E-state index contributed by atoms with van der Waals surface area (Å²) in [5.74, 6) is -0.0655. The monoisotopic (exact) mass is 383 g/mol. The van der Waals surface area contributed by atoms with Crippen molar-refractivity contribution in [2.45, 2.75) is 31.8 Å². The molecule has 1 aromatic heterocycles. The van der Waals surface area contributed by atoms with Crippen LogP contribution < -0.4 is 10.9 Å². The molecule has 0 aliphatic rings. The van der Waals surface area contributed by atoms with Crippen molar-refractivity contribution in [3.63, 3.8) is 0 Å². The van der Waals surface area contributed by atoms with Crippen LogP contribution in [0.3, 0.4) is 0 Å². The molecule has 0 unspecified atom stereocenters. The van der Waals surface area contributed by atoms with Crippen LogP contribution in [0.4, 0.5) is 4.39 Å². The maximum atomic E-state index is 13.0. The van der Waals surface area contributed by atoms with E-state index in [9.17, 15) is 19.1 Å². The Hall–Kier alpha value is -3.06. The SMILES string of the molecule is C[C@@](O)(CNC(=O)CCCc1nc2ccccc2c(=O)[nH]1)c1ccc(F)cc1. The Kier molecular flexibility index (Phi) is 5.84. The van der Waals surface area contributed by atoms with Gasteiger partial charge in [-0.3, -0.25) is 9.59 Å². The number of carbonyl (C=O) groups excluding carboxylic acids is 1. The predicted octanol–water partition coefficient (Wildman–Crippen LogP) is 2.41. The summed E-state index contributed by atoms with van der Waals surface area (Å²) >= 11 is 0. The van der Waals surface area contributed by atoms with Crippen LogP contribution in [0.15, 0.2) is 53.3 Å². The Morgan fingerprint density at radius 1 is 1.21 bits per heavy atom. The highest BCUT2D eigenvalue weighted by Crippen LogP contribution is 2.20. The first kappa shape index (κ1) is 19.7. The quantitative estimate of drug-likeness (QED) is 0.584. The molecule has 0 saturated heterocycles. The van der Waals surface area contributed by atoms with Gasteiger partial charge in [0, 0.05) is 12.8 Å². The summed E-state index contributed by atoms with van der Waals surface area (Å²) in [6.45, 7) is 1.58. The Morgan fingerprint density at radius 2 is 1.93 bits per heavy atom. The molecule has 0 aliphatic heterocycles. The van der Waals surface area contributed by atoms with Crippen LogP contribution in [0, 0.1) is 5.82 Å². The van der Waals surface area contributed by atoms with Crippen molar-refractivity contribution in [3.05, 3.63) is 76.1 Å². The number of nitrogens with one attached hydrogen (secondary N) is 2. The van der Waals surface area contributed by atoms with E-state index in [0.29, 0.717) is 35.1 Å². The minimum atomic E-state index is -1.30. The van der Waals surface area contributed by atoms with Gasteiger partial charge in [-0.1, -0.05) is 24.3 Å². The second kappa shape index (κ2) is 8.31. The van der Waals surface area contributed by atoms with Gasteiger partial charge < -0.3 is 15.4 Å². The second-order valence-electron chi connectivity index (χ2n) is 6.94. The molecule has 1 atom stereocenters. The van der Waals surface area contributed by atoms with Crippen molar-refractivity contribution >= 4 is 16.8 Å². The maximum Gasteiger partial charge on any atom is 0.258 e. The number of fused-ring (bicyclic) bond motifs is 1. The van der Waals surface area contributed by atoms with Crippen LogP contribution in [0.5, 0.6) is 0 Å². The molecule has 0 aliphatic carbocycles. The highest BCUT2D eigenvalue weighted by atomic mass is 19.1. The summed E-state index contributed by atoms with van der Waals surface area (Å²) < 4.78 is 13.0. The van der Waals surface area contributed by atoms with E-state index in [4.69, 9.17) is 0 Å². The molecule has 0 saturated carbocycles. The van der Waals surface area contributed by atoms with E-state index in [1.165, 1.54) is 24.3 Å². The van der Waals surface area contributed by atoms with Crippen molar-refractivity contribution in [3.8, 4) is 0 Å². The summed E-state index contributed by atoms with van der Waals surface area (Å²) in [5.41, 5.74) is -0.345. The normalized spacial score (nSPS) is 13.2. The van der Waals surface area contributed by atoms with Crippen LogP contribution in [-0.4, -0.2) is 27.5 Å². The zero-order valence-corrected chi connectivity index (χ0v) is 15.5. The molecule has 0 spiro atoms. The number of nitrogens with zero attached hydrogens (tertiary/aromatic N) is 1. The minimum Gasteiger partial charge on any atom is -0.384 e. The lowest BCUT2D eigenvalue weighted by Gasteiger charge is -2.24. The third kappa shape index (κ3) is 4.80. The lowest BCUT2D eigenvalue weighted by molar-refractivity contribution is -0.122. The number of carbonyl (C=O) groups is 1. The number of aromatic amines is 1. The highest BCUT2D eigenvalue weighted by Gasteiger charge is 2.23. The van der Waals surface area contributed by atoms with E-state index in [1.807, 2.05) is 6.07 Å². The van der Waals surface area contributed by atoms with E-state index in [1.54, 1.807) is 25.1 Å². The first-order chi connectivity index (χ1) is 13.3. The molecule has 3 aromatic rings. The van der Waals surface area contributed by atoms with Crippen molar-refractivity contribution in [2.24, 2.45) is 0 Å². The molecule has 0 fully saturated rings. The summed E-state index contributed by atoms with van der Waals surface area (Å²) in [4.78, 5) is 31.3. The number of aliphatic hydroxyl groups is 1. The lowest BCUT2D eigenvalue weighted by Crippen LogP contribution is -2.38. The number of H-pyrrole nitrogens is 1. The molecule has 7 heteroatoms. The highest BCUT2D eigenvalue weighted by molar-refractivity contribution is 5.77. The lowest BCUT2D eigenvalue weighted by atomic mass is 9.96. The number of hydrogen-bond donors (Lipinski definition) is 3. The fourth-order valence-electron chi connectivity index (χ4n) is 2.94. The van der Waals surface area contributed by atoms with Crippen LogP contribution in [0.25, 0.3) is 10.9 Å².